The van der Waals surface area contributed by atoms with Gasteiger partial charge in [0.25, 0.3) is 0 Å². The summed E-state index contributed by atoms with van der Waals surface area (Å²) in [5.74, 6) is 2.63. The molecule has 0 radical (unpaired) electrons. The van der Waals surface area contributed by atoms with Crippen molar-refractivity contribution in [2.24, 2.45) is 5.41 Å². The Kier molecular flexibility index (Phi) is 4.60. The zero-order valence-electron chi connectivity index (χ0n) is 9.23. The van der Waals surface area contributed by atoms with Crippen LogP contribution in [0.25, 0.3) is 0 Å². The Balaban J connectivity index is 2.08. The third-order valence-corrected chi connectivity index (χ3v) is 3.72. The van der Waals surface area contributed by atoms with E-state index in [9.17, 15) is 0 Å². The molecule has 0 aromatic heterocycles. The molecule has 0 atom stereocenters. The van der Waals surface area contributed by atoms with E-state index >= 15 is 0 Å². The monoisotopic (exact) mass is 201 g/mol. The Morgan fingerprint density at radius 2 is 2.08 bits per heavy atom. The second kappa shape index (κ2) is 5.26. The van der Waals surface area contributed by atoms with E-state index in [1.165, 1.54) is 37.3 Å². The number of rotatable bonds is 7. The van der Waals surface area contributed by atoms with Crippen LogP contribution >= 0.6 is 11.8 Å². The predicted octanol–water partition coefficient (Wildman–Crippen LogP) is 2.91. The quantitative estimate of drug-likeness (QED) is 0.636. The lowest BCUT2D eigenvalue weighted by Gasteiger charge is -2.17. The van der Waals surface area contributed by atoms with Gasteiger partial charge >= 0.3 is 0 Å². The van der Waals surface area contributed by atoms with Gasteiger partial charge in [-0.15, -0.1) is 0 Å². The first kappa shape index (κ1) is 11.4. The van der Waals surface area contributed by atoms with Crippen molar-refractivity contribution in [1.29, 1.82) is 0 Å². The Labute approximate surface area is 87.1 Å². The molecule has 1 aliphatic rings. The number of nitrogens with one attached hydrogen (secondary N) is 1. The first-order valence-electron chi connectivity index (χ1n) is 5.50. The molecule has 1 fully saturated rings. The molecule has 1 saturated carbocycles. The highest BCUT2D eigenvalue weighted by atomic mass is 32.2. The highest BCUT2D eigenvalue weighted by molar-refractivity contribution is 7.99. The van der Waals surface area contributed by atoms with E-state index in [1.54, 1.807) is 0 Å². The highest BCUT2D eigenvalue weighted by Crippen LogP contribution is 2.48. The van der Waals surface area contributed by atoms with E-state index in [2.05, 4.69) is 37.8 Å². The zero-order valence-corrected chi connectivity index (χ0v) is 10.0. The summed E-state index contributed by atoms with van der Waals surface area (Å²) in [6, 6.07) is 0.649. The van der Waals surface area contributed by atoms with Gasteiger partial charge in [-0.1, -0.05) is 20.8 Å². The van der Waals surface area contributed by atoms with E-state index in [1.807, 2.05) is 0 Å². The summed E-state index contributed by atoms with van der Waals surface area (Å²) < 4.78 is 0. The molecule has 0 aromatic rings. The molecule has 0 spiro atoms. The Morgan fingerprint density at radius 1 is 1.38 bits per heavy atom. The zero-order chi connectivity index (χ0) is 9.73. The normalized spacial score (nSPS) is 19.4. The maximum Gasteiger partial charge on any atom is 0.00106 e. The highest BCUT2D eigenvalue weighted by Gasteiger charge is 2.41. The van der Waals surface area contributed by atoms with Gasteiger partial charge in [-0.2, -0.15) is 11.8 Å². The van der Waals surface area contributed by atoms with Crippen molar-refractivity contribution < 1.29 is 0 Å². The molecular weight excluding hydrogens is 178 g/mol. The van der Waals surface area contributed by atoms with Crippen LogP contribution in [-0.4, -0.2) is 24.1 Å². The standard InChI is InChI=1S/C11H23NS/c1-4-13-8-7-11(5-6-11)9-12-10(2)3/h10,12H,4-9H2,1-3H3. The minimum absolute atomic E-state index is 0.649. The molecule has 78 valence electrons. The van der Waals surface area contributed by atoms with Crippen LogP contribution in [0.1, 0.15) is 40.0 Å². The molecule has 0 unspecified atom stereocenters. The van der Waals surface area contributed by atoms with Gasteiger partial charge in [-0.05, 0) is 36.2 Å². The first-order chi connectivity index (χ1) is 6.18. The van der Waals surface area contributed by atoms with E-state index in [0.29, 0.717) is 11.5 Å². The fourth-order valence-electron chi connectivity index (χ4n) is 1.55. The molecule has 2 heteroatoms. The minimum atomic E-state index is 0.649. The molecule has 1 rings (SSSR count). The first-order valence-corrected chi connectivity index (χ1v) is 6.65. The fraction of sp³-hybridized carbons (Fsp3) is 1.00. The van der Waals surface area contributed by atoms with Gasteiger partial charge < -0.3 is 5.32 Å². The third-order valence-electron chi connectivity index (χ3n) is 2.82. The summed E-state index contributed by atoms with van der Waals surface area (Å²) >= 11 is 2.08. The van der Waals surface area contributed by atoms with E-state index < -0.39 is 0 Å². The molecular formula is C11H23NS. The number of thioether (sulfide) groups is 1. The van der Waals surface area contributed by atoms with E-state index in [4.69, 9.17) is 0 Å². The average molecular weight is 201 g/mol. The van der Waals surface area contributed by atoms with Gasteiger partial charge in [-0.25, -0.2) is 0 Å². The minimum Gasteiger partial charge on any atom is -0.314 e. The van der Waals surface area contributed by atoms with Crippen molar-refractivity contribution in [1.82, 2.24) is 5.32 Å². The molecule has 0 bridgehead atoms. The van der Waals surface area contributed by atoms with Gasteiger partial charge in [0.05, 0.1) is 0 Å². The van der Waals surface area contributed by atoms with Crippen LogP contribution in [0.15, 0.2) is 0 Å². The van der Waals surface area contributed by atoms with Crippen molar-refractivity contribution >= 4 is 11.8 Å². The molecule has 0 saturated heterocycles. The maximum atomic E-state index is 3.57. The summed E-state index contributed by atoms with van der Waals surface area (Å²) in [4.78, 5) is 0. The lowest BCUT2D eigenvalue weighted by molar-refractivity contribution is 0.423. The summed E-state index contributed by atoms with van der Waals surface area (Å²) in [6.07, 6.45) is 4.33. The van der Waals surface area contributed by atoms with Crippen LogP contribution in [0.2, 0.25) is 0 Å². The second-order valence-electron chi connectivity index (χ2n) is 4.48. The Bertz CT molecular complexity index is 141. The third kappa shape index (κ3) is 4.37. The molecule has 1 aliphatic carbocycles. The van der Waals surface area contributed by atoms with Crippen molar-refractivity contribution in [3.63, 3.8) is 0 Å². The molecule has 1 nitrogen and oxygen atoms in total. The summed E-state index contributed by atoms with van der Waals surface area (Å²) in [5, 5.41) is 3.57. The van der Waals surface area contributed by atoms with Crippen molar-refractivity contribution in [3.05, 3.63) is 0 Å². The molecule has 0 amide bonds. The topological polar surface area (TPSA) is 12.0 Å². The molecule has 13 heavy (non-hydrogen) atoms. The maximum absolute atomic E-state index is 3.57. The van der Waals surface area contributed by atoms with Crippen LogP contribution < -0.4 is 5.32 Å². The molecule has 0 heterocycles. The van der Waals surface area contributed by atoms with E-state index in [0.717, 1.165) is 0 Å². The average Bonchev–Trinajstić information content (AvgIpc) is 2.83. The smallest absolute Gasteiger partial charge is 0.00106 e. The van der Waals surface area contributed by atoms with Gasteiger partial charge in [0.15, 0.2) is 0 Å². The van der Waals surface area contributed by atoms with Crippen LogP contribution in [0.4, 0.5) is 0 Å². The van der Waals surface area contributed by atoms with Crippen LogP contribution in [0.3, 0.4) is 0 Å². The van der Waals surface area contributed by atoms with Crippen molar-refractivity contribution in [2.75, 3.05) is 18.1 Å². The molecule has 0 aromatic carbocycles. The van der Waals surface area contributed by atoms with Crippen molar-refractivity contribution in [3.8, 4) is 0 Å². The van der Waals surface area contributed by atoms with Crippen molar-refractivity contribution in [2.45, 2.75) is 46.1 Å². The largest absolute Gasteiger partial charge is 0.314 e. The Hall–Kier alpha value is 0.310. The van der Waals surface area contributed by atoms with Crippen LogP contribution in [0.5, 0.6) is 0 Å². The van der Waals surface area contributed by atoms with Gasteiger partial charge in [0.1, 0.15) is 0 Å². The predicted molar refractivity (Wildman–Crippen MR) is 62.4 cm³/mol. The van der Waals surface area contributed by atoms with Crippen LogP contribution in [-0.2, 0) is 0 Å². The van der Waals surface area contributed by atoms with Gasteiger partial charge in [0, 0.05) is 12.6 Å². The summed E-state index contributed by atoms with van der Waals surface area (Å²) in [5.41, 5.74) is 0.701. The number of hydrogen-bond acceptors (Lipinski definition) is 2. The summed E-state index contributed by atoms with van der Waals surface area (Å²) in [7, 11) is 0. The van der Waals surface area contributed by atoms with E-state index in [-0.39, 0.29) is 0 Å². The van der Waals surface area contributed by atoms with Gasteiger partial charge in [0.2, 0.25) is 0 Å². The summed E-state index contributed by atoms with van der Waals surface area (Å²) in [6.45, 7) is 7.96. The fourth-order valence-corrected chi connectivity index (χ4v) is 2.41. The second-order valence-corrected chi connectivity index (χ2v) is 5.88. The lowest BCUT2D eigenvalue weighted by atomic mass is 10.0. The van der Waals surface area contributed by atoms with Crippen LogP contribution in [0, 0.1) is 5.41 Å². The Morgan fingerprint density at radius 3 is 2.54 bits per heavy atom. The SMILES string of the molecule is CCSCCC1(CNC(C)C)CC1. The molecule has 1 N–H and O–H groups in total. The molecule has 0 aliphatic heterocycles. The van der Waals surface area contributed by atoms with Gasteiger partial charge in [-0.3, -0.25) is 0 Å². The lowest BCUT2D eigenvalue weighted by Crippen LogP contribution is -2.30. The number of hydrogen-bond donors (Lipinski definition) is 1.